The third kappa shape index (κ3) is 4.55. The highest BCUT2D eigenvalue weighted by Crippen LogP contribution is 2.19. The second-order valence-corrected chi connectivity index (χ2v) is 3.40. The number of allylic oxidation sites excluding steroid dienone is 1. The van der Waals surface area contributed by atoms with Gasteiger partial charge in [0.05, 0.1) is 5.60 Å². The lowest BCUT2D eigenvalue weighted by Gasteiger charge is -2.23. The first-order valence-corrected chi connectivity index (χ1v) is 5.06. The first kappa shape index (κ1) is 11.7. The Labute approximate surface area is 76.5 Å². The van der Waals surface area contributed by atoms with Gasteiger partial charge in [-0.2, -0.15) is 0 Å². The maximum atomic E-state index is 9.88. The van der Waals surface area contributed by atoms with E-state index in [1.165, 1.54) is 6.42 Å². The minimum atomic E-state index is -0.454. The molecular weight excluding hydrogens is 148 g/mol. The molecule has 0 spiro atoms. The molecule has 0 saturated heterocycles. The quantitative estimate of drug-likeness (QED) is 0.606. The Bertz CT molecular complexity index is 123. The highest BCUT2D eigenvalue weighted by molar-refractivity contribution is 4.90. The van der Waals surface area contributed by atoms with Crippen LogP contribution in [0.25, 0.3) is 0 Å². The van der Waals surface area contributed by atoms with Crippen molar-refractivity contribution in [2.24, 2.45) is 0 Å². The van der Waals surface area contributed by atoms with E-state index < -0.39 is 5.60 Å². The molecular formula is C11H22O. The van der Waals surface area contributed by atoms with E-state index in [4.69, 9.17) is 0 Å². The van der Waals surface area contributed by atoms with Crippen LogP contribution >= 0.6 is 0 Å². The molecule has 72 valence electrons. The molecule has 0 unspecified atom stereocenters. The molecule has 0 bridgehead atoms. The third-order valence-electron chi connectivity index (χ3n) is 2.44. The lowest BCUT2D eigenvalue weighted by molar-refractivity contribution is 0.0353. The van der Waals surface area contributed by atoms with Crippen molar-refractivity contribution in [2.45, 2.75) is 58.5 Å². The normalized spacial score (nSPS) is 12.7. The first-order valence-electron chi connectivity index (χ1n) is 5.06. The van der Waals surface area contributed by atoms with Crippen LogP contribution in [0.1, 0.15) is 52.9 Å². The van der Waals surface area contributed by atoms with Gasteiger partial charge in [0.2, 0.25) is 0 Å². The van der Waals surface area contributed by atoms with Crippen LogP contribution in [-0.4, -0.2) is 10.7 Å². The van der Waals surface area contributed by atoms with Crippen molar-refractivity contribution in [3.8, 4) is 0 Å². The summed E-state index contributed by atoms with van der Waals surface area (Å²) in [6, 6.07) is 0. The molecule has 0 saturated carbocycles. The Morgan fingerprint density at radius 3 is 2.08 bits per heavy atom. The Balaban J connectivity index is 3.72. The molecule has 1 N–H and O–H groups in total. The zero-order valence-corrected chi connectivity index (χ0v) is 8.64. The molecule has 0 aromatic rings. The van der Waals surface area contributed by atoms with Crippen LogP contribution in [0, 0.1) is 0 Å². The van der Waals surface area contributed by atoms with Crippen LogP contribution in [0.4, 0.5) is 0 Å². The summed E-state index contributed by atoms with van der Waals surface area (Å²) >= 11 is 0. The fraction of sp³-hybridized carbons (Fsp3) is 0.818. The average Bonchev–Trinajstić information content (AvgIpc) is 2.12. The topological polar surface area (TPSA) is 20.2 Å². The van der Waals surface area contributed by atoms with Crippen molar-refractivity contribution in [1.82, 2.24) is 0 Å². The zero-order valence-electron chi connectivity index (χ0n) is 8.64. The van der Waals surface area contributed by atoms with Gasteiger partial charge < -0.3 is 5.11 Å². The largest absolute Gasteiger partial charge is 0.390 e. The Morgan fingerprint density at radius 1 is 1.08 bits per heavy atom. The van der Waals surface area contributed by atoms with Gasteiger partial charge in [0, 0.05) is 0 Å². The number of rotatable bonds is 6. The average molecular weight is 170 g/mol. The molecule has 0 rings (SSSR count). The van der Waals surface area contributed by atoms with Gasteiger partial charge in [-0.05, 0) is 25.7 Å². The van der Waals surface area contributed by atoms with Crippen LogP contribution in [0.2, 0.25) is 0 Å². The lowest BCUT2D eigenvalue weighted by atomic mass is 9.93. The van der Waals surface area contributed by atoms with Crippen molar-refractivity contribution < 1.29 is 5.11 Å². The molecule has 1 nitrogen and oxygen atoms in total. The molecule has 1 heteroatoms. The molecule has 0 fully saturated rings. The molecule has 0 heterocycles. The summed E-state index contributed by atoms with van der Waals surface area (Å²) in [5.41, 5.74) is -0.454. The summed E-state index contributed by atoms with van der Waals surface area (Å²) in [6.07, 6.45) is 9.09. The van der Waals surface area contributed by atoms with Crippen LogP contribution in [-0.2, 0) is 0 Å². The number of hydrogen-bond donors (Lipinski definition) is 1. The number of aliphatic hydroxyl groups is 1. The van der Waals surface area contributed by atoms with Crippen LogP contribution in [0.5, 0.6) is 0 Å². The predicted molar refractivity (Wildman–Crippen MR) is 54.2 cm³/mol. The highest BCUT2D eigenvalue weighted by Gasteiger charge is 2.19. The lowest BCUT2D eigenvalue weighted by Crippen LogP contribution is -2.25. The third-order valence-corrected chi connectivity index (χ3v) is 2.44. The van der Waals surface area contributed by atoms with E-state index in [0.29, 0.717) is 0 Å². The molecule has 0 atom stereocenters. The molecule has 0 aliphatic carbocycles. The smallest absolute Gasteiger partial charge is 0.0676 e. The standard InChI is InChI=1S/C11H22O/c1-4-7-8-9-10-11(12,5-2)6-3/h8-9,12H,4-7,10H2,1-3H3. The van der Waals surface area contributed by atoms with Crippen LogP contribution in [0.3, 0.4) is 0 Å². The Morgan fingerprint density at radius 2 is 1.67 bits per heavy atom. The number of hydrogen-bond acceptors (Lipinski definition) is 1. The van der Waals surface area contributed by atoms with Crippen LogP contribution in [0.15, 0.2) is 12.2 Å². The van der Waals surface area contributed by atoms with Gasteiger partial charge in [0.1, 0.15) is 0 Å². The number of unbranched alkanes of at least 4 members (excludes halogenated alkanes) is 1. The van der Waals surface area contributed by atoms with Gasteiger partial charge in [0.15, 0.2) is 0 Å². The van der Waals surface area contributed by atoms with Crippen molar-refractivity contribution >= 4 is 0 Å². The van der Waals surface area contributed by atoms with E-state index in [-0.39, 0.29) is 0 Å². The molecule has 0 aromatic carbocycles. The molecule has 0 amide bonds. The van der Waals surface area contributed by atoms with E-state index in [9.17, 15) is 5.11 Å². The van der Waals surface area contributed by atoms with E-state index in [1.54, 1.807) is 0 Å². The van der Waals surface area contributed by atoms with E-state index in [1.807, 2.05) is 13.8 Å². The van der Waals surface area contributed by atoms with Gasteiger partial charge in [-0.1, -0.05) is 39.3 Å². The van der Waals surface area contributed by atoms with Crippen LogP contribution < -0.4 is 0 Å². The summed E-state index contributed by atoms with van der Waals surface area (Å²) in [6.45, 7) is 6.24. The van der Waals surface area contributed by atoms with E-state index >= 15 is 0 Å². The second-order valence-electron chi connectivity index (χ2n) is 3.40. The minimum absolute atomic E-state index is 0.454. The fourth-order valence-electron chi connectivity index (χ4n) is 1.13. The predicted octanol–water partition coefficient (Wildman–Crippen LogP) is 3.28. The van der Waals surface area contributed by atoms with Gasteiger partial charge in [-0.25, -0.2) is 0 Å². The van der Waals surface area contributed by atoms with Crippen molar-refractivity contribution in [3.63, 3.8) is 0 Å². The van der Waals surface area contributed by atoms with E-state index in [2.05, 4.69) is 19.1 Å². The summed E-state index contributed by atoms with van der Waals surface area (Å²) in [5, 5.41) is 9.88. The maximum absolute atomic E-state index is 9.88. The van der Waals surface area contributed by atoms with Crippen molar-refractivity contribution in [3.05, 3.63) is 12.2 Å². The maximum Gasteiger partial charge on any atom is 0.0676 e. The Hall–Kier alpha value is -0.300. The SMILES string of the molecule is CCCC=CCC(O)(CC)CC. The Kier molecular flexibility index (Phi) is 6.09. The van der Waals surface area contributed by atoms with Gasteiger partial charge in [-0.15, -0.1) is 0 Å². The first-order chi connectivity index (χ1) is 5.68. The van der Waals surface area contributed by atoms with E-state index in [0.717, 1.165) is 25.7 Å². The molecule has 0 aromatic heterocycles. The second kappa shape index (κ2) is 6.24. The van der Waals surface area contributed by atoms with Gasteiger partial charge in [-0.3, -0.25) is 0 Å². The molecule has 0 aliphatic heterocycles. The summed E-state index contributed by atoms with van der Waals surface area (Å²) in [7, 11) is 0. The summed E-state index contributed by atoms with van der Waals surface area (Å²) < 4.78 is 0. The van der Waals surface area contributed by atoms with Crippen molar-refractivity contribution in [2.75, 3.05) is 0 Å². The monoisotopic (exact) mass is 170 g/mol. The zero-order chi connectivity index (χ0) is 9.45. The molecule has 0 radical (unpaired) electrons. The highest BCUT2D eigenvalue weighted by atomic mass is 16.3. The molecule has 0 aliphatic rings. The minimum Gasteiger partial charge on any atom is -0.390 e. The summed E-state index contributed by atoms with van der Waals surface area (Å²) in [4.78, 5) is 0. The van der Waals surface area contributed by atoms with Crippen molar-refractivity contribution in [1.29, 1.82) is 0 Å². The molecule has 12 heavy (non-hydrogen) atoms. The van der Waals surface area contributed by atoms with Gasteiger partial charge >= 0.3 is 0 Å². The summed E-state index contributed by atoms with van der Waals surface area (Å²) in [5.74, 6) is 0. The van der Waals surface area contributed by atoms with Gasteiger partial charge in [0.25, 0.3) is 0 Å². The fourth-order valence-corrected chi connectivity index (χ4v) is 1.13.